The van der Waals surface area contributed by atoms with Gasteiger partial charge < -0.3 is 20.9 Å². The van der Waals surface area contributed by atoms with Crippen LogP contribution in [0.4, 0.5) is 17.1 Å². The Morgan fingerprint density at radius 1 is 0.789 bits per heavy atom. The molecule has 0 aromatic heterocycles. The van der Waals surface area contributed by atoms with Crippen molar-refractivity contribution in [3.05, 3.63) is 113 Å². The molecule has 0 fully saturated rings. The molecule has 0 atom stereocenters. The van der Waals surface area contributed by atoms with Crippen molar-refractivity contribution in [1.29, 1.82) is 0 Å². The van der Waals surface area contributed by atoms with Crippen LogP contribution in [0.2, 0.25) is 0 Å². The van der Waals surface area contributed by atoms with Crippen LogP contribution in [0.5, 0.6) is 11.5 Å². The highest BCUT2D eigenvalue weighted by Crippen LogP contribution is 2.35. The monoisotopic (exact) mass is 507 g/mol. The second-order valence-electron chi connectivity index (χ2n) is 8.65. The molecule has 4 aromatic rings. The van der Waals surface area contributed by atoms with Crippen LogP contribution in [0.1, 0.15) is 27.0 Å². The Labute approximate surface area is 221 Å². The lowest BCUT2D eigenvalue weighted by molar-refractivity contribution is -0.112. The number of carbonyl (C=O) groups is 2. The minimum absolute atomic E-state index is 0.312. The Balaban J connectivity index is 1.91. The van der Waals surface area contributed by atoms with Crippen LogP contribution in [0.15, 0.2) is 91.0 Å². The van der Waals surface area contributed by atoms with Crippen molar-refractivity contribution in [1.82, 2.24) is 0 Å². The summed E-state index contributed by atoms with van der Waals surface area (Å²) in [6.45, 7) is 1.99. The summed E-state index contributed by atoms with van der Waals surface area (Å²) < 4.78 is 10.8. The lowest BCUT2D eigenvalue weighted by Gasteiger charge is -2.26. The minimum atomic E-state index is -0.553. The summed E-state index contributed by atoms with van der Waals surface area (Å²) in [6.07, 6.45) is 1.80. The molecule has 2 amide bonds. The molecule has 7 nitrogen and oxygen atoms in total. The molecule has 4 N–H and O–H groups in total. The van der Waals surface area contributed by atoms with E-state index in [1.807, 2.05) is 49.4 Å². The van der Waals surface area contributed by atoms with Gasteiger partial charge in [-0.2, -0.15) is 0 Å². The number of hydrogen-bond acceptors (Lipinski definition) is 5. The van der Waals surface area contributed by atoms with Gasteiger partial charge in [0.2, 0.25) is 5.91 Å². The van der Waals surface area contributed by atoms with Gasteiger partial charge in [-0.15, -0.1) is 0 Å². The molecule has 4 rings (SSSR count). The smallest absolute Gasteiger partial charge is 0.263 e. The van der Waals surface area contributed by atoms with Gasteiger partial charge in [-0.05, 0) is 72.7 Å². The zero-order chi connectivity index (χ0) is 27.2. The largest absolute Gasteiger partial charge is 0.493 e. The zero-order valence-corrected chi connectivity index (χ0v) is 21.5. The zero-order valence-electron chi connectivity index (χ0n) is 21.5. The van der Waals surface area contributed by atoms with Crippen molar-refractivity contribution in [3.63, 3.8) is 0 Å². The Morgan fingerprint density at radius 3 is 2.03 bits per heavy atom. The number of para-hydroxylation sites is 2. The molecule has 0 bridgehead atoms. The maximum Gasteiger partial charge on any atom is 0.263 e. The predicted octanol–water partition coefficient (Wildman–Crippen LogP) is 5.60. The van der Waals surface area contributed by atoms with Gasteiger partial charge >= 0.3 is 0 Å². The molecule has 0 unspecified atom stereocenters. The van der Waals surface area contributed by atoms with Gasteiger partial charge in [-0.3, -0.25) is 14.5 Å². The number of nitrogens with two attached hydrogens (primary N) is 2. The molecule has 4 aromatic carbocycles. The van der Waals surface area contributed by atoms with E-state index in [1.165, 1.54) is 4.90 Å². The quantitative estimate of drug-likeness (QED) is 0.183. The van der Waals surface area contributed by atoms with Gasteiger partial charge in [0.1, 0.15) is 0 Å². The second-order valence-corrected chi connectivity index (χ2v) is 8.65. The molecule has 0 aliphatic carbocycles. The van der Waals surface area contributed by atoms with E-state index < -0.39 is 5.91 Å². The second kappa shape index (κ2) is 11.3. The molecule has 0 saturated heterocycles. The molecule has 0 radical (unpaired) electrons. The first-order valence-corrected chi connectivity index (χ1v) is 11.9. The number of nitrogen functional groups attached to an aromatic ring is 1. The third-order valence-electron chi connectivity index (χ3n) is 6.10. The van der Waals surface area contributed by atoms with Crippen LogP contribution in [0.25, 0.3) is 11.6 Å². The van der Waals surface area contributed by atoms with Crippen LogP contribution in [0.3, 0.4) is 0 Å². The van der Waals surface area contributed by atoms with E-state index in [4.69, 9.17) is 20.9 Å². The topological polar surface area (TPSA) is 108 Å². The number of amides is 2. The van der Waals surface area contributed by atoms with E-state index >= 15 is 0 Å². The van der Waals surface area contributed by atoms with E-state index in [-0.39, 0.29) is 5.91 Å². The fraction of sp³-hybridized carbons (Fsp3) is 0.0968. The summed E-state index contributed by atoms with van der Waals surface area (Å²) in [4.78, 5) is 27.6. The van der Waals surface area contributed by atoms with Crippen molar-refractivity contribution >= 4 is 40.5 Å². The van der Waals surface area contributed by atoms with Crippen LogP contribution in [-0.4, -0.2) is 26.0 Å². The number of methoxy groups -OCH3 is 2. The van der Waals surface area contributed by atoms with Crippen molar-refractivity contribution < 1.29 is 19.1 Å². The Hall–Kier alpha value is -5.04. The lowest BCUT2D eigenvalue weighted by Crippen LogP contribution is -2.28. The Kier molecular flexibility index (Phi) is 7.77. The van der Waals surface area contributed by atoms with E-state index in [1.54, 1.807) is 68.8 Å². The van der Waals surface area contributed by atoms with Crippen molar-refractivity contribution in [2.75, 3.05) is 24.9 Å². The van der Waals surface area contributed by atoms with Gasteiger partial charge in [0.05, 0.1) is 25.6 Å². The first-order valence-electron chi connectivity index (χ1n) is 11.9. The number of primary amides is 1. The molecule has 0 aliphatic rings. The highest BCUT2D eigenvalue weighted by atomic mass is 16.5. The highest BCUT2D eigenvalue weighted by Gasteiger charge is 2.25. The maximum absolute atomic E-state index is 14.4. The number of ether oxygens (including phenoxy) is 2. The normalized spacial score (nSPS) is 11.1. The number of hydrogen-bond donors (Lipinski definition) is 2. The van der Waals surface area contributed by atoms with Gasteiger partial charge in [0, 0.05) is 16.8 Å². The molecule has 0 heterocycles. The van der Waals surface area contributed by atoms with E-state index in [9.17, 15) is 9.59 Å². The summed E-state index contributed by atoms with van der Waals surface area (Å²) in [6, 6.07) is 26.8. The SMILES string of the molecule is COc1ccc(/C=C(/C(=O)N(c2ccc(C(N)=O)cc2)c2ccccc2N)c2ccc(C)cc2)cc1OC. The third kappa shape index (κ3) is 5.52. The molecular weight excluding hydrogens is 478 g/mol. The Morgan fingerprint density at radius 2 is 1.42 bits per heavy atom. The predicted molar refractivity (Wildman–Crippen MR) is 152 cm³/mol. The molecule has 38 heavy (non-hydrogen) atoms. The van der Waals surface area contributed by atoms with Gasteiger partial charge in [0.15, 0.2) is 11.5 Å². The molecular formula is C31H29N3O4. The standard InChI is InChI=1S/C31H29N3O4/c1-20-8-11-22(12-9-20)25(18-21-10-17-28(37-2)29(19-21)38-3)31(36)34(27-7-5-4-6-26(27)32)24-15-13-23(14-16-24)30(33)35/h4-19H,32H2,1-3H3,(H2,33,35)/b25-18+. The fourth-order valence-electron chi connectivity index (χ4n) is 4.06. The first kappa shape index (κ1) is 26.0. The fourth-order valence-corrected chi connectivity index (χ4v) is 4.06. The van der Waals surface area contributed by atoms with Crippen LogP contribution in [-0.2, 0) is 4.79 Å². The summed E-state index contributed by atoms with van der Waals surface area (Å²) in [5.41, 5.74) is 16.5. The van der Waals surface area contributed by atoms with Crippen molar-refractivity contribution in [2.24, 2.45) is 5.73 Å². The number of anilines is 3. The Bertz CT molecular complexity index is 1490. The number of rotatable bonds is 8. The van der Waals surface area contributed by atoms with E-state index in [2.05, 4.69) is 0 Å². The lowest BCUT2D eigenvalue weighted by atomic mass is 9.99. The summed E-state index contributed by atoms with van der Waals surface area (Å²) in [5, 5.41) is 0. The molecule has 192 valence electrons. The van der Waals surface area contributed by atoms with Gasteiger partial charge in [0.25, 0.3) is 5.91 Å². The summed E-state index contributed by atoms with van der Waals surface area (Å²) in [7, 11) is 3.13. The molecule has 0 aliphatic heterocycles. The first-order chi connectivity index (χ1) is 18.3. The van der Waals surface area contributed by atoms with Crippen LogP contribution < -0.4 is 25.8 Å². The third-order valence-corrected chi connectivity index (χ3v) is 6.10. The van der Waals surface area contributed by atoms with E-state index in [0.29, 0.717) is 39.7 Å². The molecule has 7 heteroatoms. The molecule has 0 saturated carbocycles. The van der Waals surface area contributed by atoms with Crippen LogP contribution >= 0.6 is 0 Å². The maximum atomic E-state index is 14.4. The van der Waals surface area contributed by atoms with Crippen molar-refractivity contribution in [3.8, 4) is 11.5 Å². The average molecular weight is 508 g/mol. The van der Waals surface area contributed by atoms with Crippen molar-refractivity contribution in [2.45, 2.75) is 6.92 Å². The highest BCUT2D eigenvalue weighted by molar-refractivity contribution is 6.32. The molecule has 0 spiro atoms. The average Bonchev–Trinajstić information content (AvgIpc) is 2.93. The minimum Gasteiger partial charge on any atom is -0.493 e. The van der Waals surface area contributed by atoms with Gasteiger partial charge in [-0.1, -0.05) is 48.0 Å². The summed E-state index contributed by atoms with van der Waals surface area (Å²) in [5.74, 6) is 0.264. The van der Waals surface area contributed by atoms with Crippen LogP contribution in [0, 0.1) is 6.92 Å². The number of nitrogens with zero attached hydrogens (tertiary/aromatic N) is 1. The number of carbonyl (C=O) groups excluding carboxylic acids is 2. The van der Waals surface area contributed by atoms with Gasteiger partial charge in [-0.25, -0.2) is 0 Å². The van der Waals surface area contributed by atoms with E-state index in [0.717, 1.165) is 16.7 Å². The number of aryl methyl sites for hydroxylation is 1. The summed E-state index contributed by atoms with van der Waals surface area (Å²) >= 11 is 0. The number of benzene rings is 4.